The molecule has 7 nitrogen and oxygen atoms in total. The molecule has 0 atom stereocenters. The number of hydrogen-bond acceptors (Lipinski definition) is 5. The SMILES string of the molecule is O=C(Nc1cccc(Br)c1)Nc1ccc2nc3c4cccnc4c4ncccc4c3nc2c1. The molecular weight excluding hydrogens is 480 g/mol. The molecule has 0 unspecified atom stereocenters. The minimum atomic E-state index is -0.340. The number of carbonyl (C=O) groups is 1. The van der Waals surface area contributed by atoms with Crippen LogP contribution >= 0.6 is 15.9 Å². The summed E-state index contributed by atoms with van der Waals surface area (Å²) in [5, 5.41) is 7.48. The Morgan fingerprint density at radius 2 is 1.30 bits per heavy atom. The molecule has 0 aliphatic rings. The second-order valence-electron chi connectivity index (χ2n) is 7.51. The topological polar surface area (TPSA) is 92.7 Å². The number of rotatable bonds is 2. The molecule has 158 valence electrons. The Labute approximate surface area is 196 Å². The second-order valence-corrected chi connectivity index (χ2v) is 8.43. The zero-order valence-corrected chi connectivity index (χ0v) is 18.7. The number of carbonyl (C=O) groups excluding carboxylic acids is 1. The van der Waals surface area contributed by atoms with Crippen molar-refractivity contribution in [3.8, 4) is 0 Å². The number of anilines is 2. The Morgan fingerprint density at radius 1 is 0.667 bits per heavy atom. The fourth-order valence-electron chi connectivity index (χ4n) is 3.94. The highest BCUT2D eigenvalue weighted by Gasteiger charge is 2.14. The first-order chi connectivity index (χ1) is 16.2. The van der Waals surface area contributed by atoms with E-state index >= 15 is 0 Å². The first kappa shape index (κ1) is 19.5. The summed E-state index contributed by atoms with van der Waals surface area (Å²) >= 11 is 3.40. The highest BCUT2D eigenvalue weighted by molar-refractivity contribution is 9.10. The Balaban J connectivity index is 1.45. The van der Waals surface area contributed by atoms with Crippen LogP contribution < -0.4 is 10.6 Å². The van der Waals surface area contributed by atoms with Crippen LogP contribution in [0.2, 0.25) is 0 Å². The van der Waals surface area contributed by atoms with E-state index in [-0.39, 0.29) is 6.03 Å². The highest BCUT2D eigenvalue weighted by atomic mass is 79.9. The van der Waals surface area contributed by atoms with Crippen molar-refractivity contribution in [3.63, 3.8) is 0 Å². The van der Waals surface area contributed by atoms with Crippen LogP contribution in [0.25, 0.3) is 43.9 Å². The van der Waals surface area contributed by atoms with Gasteiger partial charge in [-0.3, -0.25) is 9.97 Å². The third-order valence-corrected chi connectivity index (χ3v) is 5.85. The fraction of sp³-hybridized carbons (Fsp3) is 0. The van der Waals surface area contributed by atoms with Gasteiger partial charge in [-0.2, -0.15) is 0 Å². The van der Waals surface area contributed by atoms with Gasteiger partial charge in [-0.05, 0) is 60.7 Å². The van der Waals surface area contributed by atoms with Crippen molar-refractivity contribution in [1.29, 1.82) is 0 Å². The van der Waals surface area contributed by atoms with Crippen LogP contribution in [0.5, 0.6) is 0 Å². The van der Waals surface area contributed by atoms with Gasteiger partial charge in [0.05, 0.1) is 33.1 Å². The summed E-state index contributed by atoms with van der Waals surface area (Å²) < 4.78 is 0.887. The molecule has 0 radical (unpaired) electrons. The predicted molar refractivity (Wildman–Crippen MR) is 134 cm³/mol. The first-order valence-corrected chi connectivity index (χ1v) is 11.0. The van der Waals surface area contributed by atoms with E-state index in [1.165, 1.54) is 0 Å². The van der Waals surface area contributed by atoms with Crippen LogP contribution in [0, 0.1) is 0 Å². The summed E-state index contributed by atoms with van der Waals surface area (Å²) in [6.45, 7) is 0. The number of halogens is 1. The maximum atomic E-state index is 12.5. The zero-order valence-electron chi connectivity index (χ0n) is 17.1. The minimum absolute atomic E-state index is 0.340. The van der Waals surface area contributed by atoms with Gasteiger partial charge in [0.15, 0.2) is 0 Å². The largest absolute Gasteiger partial charge is 0.323 e. The average molecular weight is 495 g/mol. The summed E-state index contributed by atoms with van der Waals surface area (Å²) in [5.74, 6) is 0. The minimum Gasteiger partial charge on any atom is -0.308 e. The van der Waals surface area contributed by atoms with E-state index in [1.54, 1.807) is 12.4 Å². The van der Waals surface area contributed by atoms with E-state index < -0.39 is 0 Å². The third-order valence-electron chi connectivity index (χ3n) is 5.35. The maximum absolute atomic E-state index is 12.5. The van der Waals surface area contributed by atoms with Gasteiger partial charge >= 0.3 is 6.03 Å². The summed E-state index contributed by atoms with van der Waals surface area (Å²) in [5.41, 5.74) is 5.83. The lowest BCUT2D eigenvalue weighted by molar-refractivity contribution is 0.262. The van der Waals surface area contributed by atoms with Crippen LogP contribution in [0.1, 0.15) is 0 Å². The van der Waals surface area contributed by atoms with E-state index in [0.717, 1.165) is 42.8 Å². The van der Waals surface area contributed by atoms with E-state index in [0.29, 0.717) is 16.9 Å². The van der Waals surface area contributed by atoms with E-state index in [2.05, 4.69) is 36.5 Å². The number of pyridine rings is 2. The molecule has 6 rings (SSSR count). The smallest absolute Gasteiger partial charge is 0.308 e. The molecule has 6 aromatic rings. The average Bonchev–Trinajstić information content (AvgIpc) is 2.83. The van der Waals surface area contributed by atoms with Gasteiger partial charge in [-0.25, -0.2) is 14.8 Å². The van der Waals surface area contributed by atoms with E-state index in [1.807, 2.05) is 66.7 Å². The number of hydrogen-bond donors (Lipinski definition) is 2. The molecule has 0 aliphatic carbocycles. The number of aromatic nitrogens is 4. The first-order valence-electron chi connectivity index (χ1n) is 10.2. The second kappa shape index (κ2) is 7.75. The molecule has 2 N–H and O–H groups in total. The maximum Gasteiger partial charge on any atom is 0.323 e. The lowest BCUT2D eigenvalue weighted by atomic mass is 10.1. The molecule has 0 fully saturated rings. The number of nitrogens with one attached hydrogen (secondary N) is 2. The van der Waals surface area contributed by atoms with Crippen LogP contribution in [0.4, 0.5) is 16.2 Å². The van der Waals surface area contributed by atoms with Gasteiger partial charge in [0.1, 0.15) is 0 Å². The number of urea groups is 1. The van der Waals surface area contributed by atoms with Gasteiger partial charge in [-0.1, -0.05) is 22.0 Å². The molecule has 2 amide bonds. The van der Waals surface area contributed by atoms with Crippen molar-refractivity contribution >= 4 is 77.2 Å². The molecule has 0 spiro atoms. The van der Waals surface area contributed by atoms with Crippen molar-refractivity contribution in [2.45, 2.75) is 0 Å². The lowest BCUT2D eigenvalue weighted by Crippen LogP contribution is -2.19. The van der Waals surface area contributed by atoms with Crippen molar-refractivity contribution in [1.82, 2.24) is 19.9 Å². The Hall–Kier alpha value is -4.17. The number of amides is 2. The molecule has 33 heavy (non-hydrogen) atoms. The van der Waals surface area contributed by atoms with Gasteiger partial charge < -0.3 is 10.6 Å². The molecule has 0 aliphatic heterocycles. The molecule has 3 aromatic carbocycles. The zero-order chi connectivity index (χ0) is 22.4. The molecule has 0 saturated carbocycles. The normalized spacial score (nSPS) is 11.3. The standard InChI is InChI=1S/C25H15BrN6O/c26-14-4-1-5-15(12-14)29-25(33)30-16-8-9-19-20(13-16)32-24-18-7-3-11-28-22(18)21-17(23(24)31-19)6-2-10-27-21/h1-13H,(H2,29,30,33). The monoisotopic (exact) mass is 494 g/mol. The van der Waals surface area contributed by atoms with Gasteiger partial charge in [-0.15, -0.1) is 0 Å². The van der Waals surface area contributed by atoms with Crippen LogP contribution in [0.3, 0.4) is 0 Å². The number of benzene rings is 3. The molecular formula is C25H15BrN6O. The van der Waals surface area contributed by atoms with Gasteiger partial charge in [0.2, 0.25) is 0 Å². The molecule has 3 heterocycles. The molecule has 0 bridgehead atoms. The quantitative estimate of drug-likeness (QED) is 0.218. The van der Waals surface area contributed by atoms with Crippen molar-refractivity contribution in [2.24, 2.45) is 0 Å². The van der Waals surface area contributed by atoms with Crippen LogP contribution in [0.15, 0.2) is 83.6 Å². The molecule has 3 aromatic heterocycles. The fourth-order valence-corrected chi connectivity index (χ4v) is 4.34. The van der Waals surface area contributed by atoms with E-state index in [9.17, 15) is 4.79 Å². The molecule has 0 saturated heterocycles. The van der Waals surface area contributed by atoms with Crippen molar-refractivity contribution in [3.05, 3.63) is 83.6 Å². The van der Waals surface area contributed by atoms with E-state index in [4.69, 9.17) is 9.97 Å². The highest BCUT2D eigenvalue weighted by Crippen LogP contribution is 2.32. The Bertz CT molecular complexity index is 1720. The van der Waals surface area contributed by atoms with Crippen molar-refractivity contribution < 1.29 is 4.79 Å². The predicted octanol–water partition coefficient (Wildman–Crippen LogP) is 6.29. The summed E-state index contributed by atoms with van der Waals surface area (Å²) in [6, 6.07) is 20.3. The van der Waals surface area contributed by atoms with Gasteiger partial charge in [0, 0.05) is 39.0 Å². The number of nitrogens with zero attached hydrogens (tertiary/aromatic N) is 4. The Morgan fingerprint density at radius 3 is 1.97 bits per heavy atom. The molecule has 8 heteroatoms. The third kappa shape index (κ3) is 3.50. The summed E-state index contributed by atoms with van der Waals surface area (Å²) in [4.78, 5) is 31.4. The van der Waals surface area contributed by atoms with Gasteiger partial charge in [0.25, 0.3) is 0 Å². The lowest BCUT2D eigenvalue weighted by Gasteiger charge is -2.10. The van der Waals surface area contributed by atoms with Crippen LogP contribution in [-0.2, 0) is 0 Å². The van der Waals surface area contributed by atoms with Crippen molar-refractivity contribution in [2.75, 3.05) is 10.6 Å². The number of fused-ring (bicyclic) bond motifs is 7. The Kier molecular flexibility index (Phi) is 4.58. The van der Waals surface area contributed by atoms with Crippen LogP contribution in [-0.4, -0.2) is 26.0 Å². The summed E-state index contributed by atoms with van der Waals surface area (Å²) in [6.07, 6.45) is 3.51. The summed E-state index contributed by atoms with van der Waals surface area (Å²) in [7, 11) is 0.